The van der Waals surface area contributed by atoms with Gasteiger partial charge in [0.05, 0.1) is 6.10 Å². The molecule has 0 aromatic heterocycles. The van der Waals surface area contributed by atoms with Crippen LogP contribution in [0.4, 0.5) is 14.5 Å². The molecule has 2 aromatic rings. The number of nitrogens with one attached hydrogen (secondary N) is 1. The van der Waals surface area contributed by atoms with E-state index in [0.29, 0.717) is 24.2 Å². The van der Waals surface area contributed by atoms with Gasteiger partial charge in [-0.15, -0.1) is 0 Å². The van der Waals surface area contributed by atoms with Gasteiger partial charge in [0.15, 0.2) is 11.6 Å². The number of hydrogen-bond donors (Lipinski definition) is 2. The van der Waals surface area contributed by atoms with Crippen LogP contribution in [0.15, 0.2) is 42.5 Å². The normalized spacial score (nSPS) is 19.3. The molecule has 0 spiro atoms. The fourth-order valence-corrected chi connectivity index (χ4v) is 2.78. The van der Waals surface area contributed by atoms with Crippen molar-refractivity contribution < 1.29 is 23.0 Å². The number of anilines is 1. The van der Waals surface area contributed by atoms with E-state index in [9.17, 15) is 13.6 Å². The van der Waals surface area contributed by atoms with Crippen LogP contribution < -0.4 is 15.8 Å². The van der Waals surface area contributed by atoms with Crippen molar-refractivity contribution in [3.05, 3.63) is 59.7 Å². The Balaban J connectivity index is 1.58. The van der Waals surface area contributed by atoms with Crippen molar-refractivity contribution in [2.24, 2.45) is 5.73 Å². The molecule has 0 bridgehead atoms. The van der Waals surface area contributed by atoms with Crippen LogP contribution in [0.1, 0.15) is 18.4 Å². The van der Waals surface area contributed by atoms with Crippen LogP contribution in [-0.2, 0) is 16.1 Å². The largest absolute Gasteiger partial charge is 0.486 e. The maximum atomic E-state index is 14.2. The summed E-state index contributed by atoms with van der Waals surface area (Å²) in [5.41, 5.74) is 6.43. The van der Waals surface area contributed by atoms with Crippen LogP contribution in [0.5, 0.6) is 5.75 Å². The molecule has 1 aliphatic rings. The number of halogens is 2. The summed E-state index contributed by atoms with van der Waals surface area (Å²) in [4.78, 5) is 12.1. The van der Waals surface area contributed by atoms with E-state index in [4.69, 9.17) is 15.2 Å². The summed E-state index contributed by atoms with van der Waals surface area (Å²) in [5, 5.41) is 2.63. The highest BCUT2D eigenvalue weighted by molar-refractivity contribution is 5.94. The molecule has 3 N–H and O–H groups in total. The first-order valence-corrected chi connectivity index (χ1v) is 8.38. The van der Waals surface area contributed by atoms with E-state index in [2.05, 4.69) is 5.32 Å². The highest BCUT2D eigenvalue weighted by Crippen LogP contribution is 2.24. The maximum Gasteiger partial charge on any atom is 0.253 e. The predicted octanol–water partition coefficient (Wildman–Crippen LogP) is 2.99. The van der Waals surface area contributed by atoms with E-state index >= 15 is 0 Å². The molecule has 0 radical (unpaired) electrons. The van der Waals surface area contributed by atoms with Gasteiger partial charge in [-0.2, -0.15) is 0 Å². The van der Waals surface area contributed by atoms with E-state index in [1.807, 2.05) is 0 Å². The third-order valence-corrected chi connectivity index (χ3v) is 4.15. The van der Waals surface area contributed by atoms with Crippen molar-refractivity contribution in [1.82, 2.24) is 0 Å². The van der Waals surface area contributed by atoms with Gasteiger partial charge in [-0.3, -0.25) is 4.79 Å². The number of nitrogens with two attached hydrogens (primary N) is 1. The zero-order valence-corrected chi connectivity index (χ0v) is 14.1. The average molecular weight is 362 g/mol. The summed E-state index contributed by atoms with van der Waals surface area (Å²) in [7, 11) is 0. The van der Waals surface area contributed by atoms with Gasteiger partial charge >= 0.3 is 0 Å². The second-order valence-corrected chi connectivity index (χ2v) is 6.11. The van der Waals surface area contributed by atoms with Crippen LogP contribution >= 0.6 is 0 Å². The van der Waals surface area contributed by atoms with Crippen LogP contribution in [-0.4, -0.2) is 24.7 Å². The minimum absolute atomic E-state index is 0.0209. The van der Waals surface area contributed by atoms with Crippen molar-refractivity contribution >= 4 is 11.6 Å². The maximum absolute atomic E-state index is 14.2. The number of amides is 1. The molecule has 1 fully saturated rings. The lowest BCUT2D eigenvalue weighted by molar-refractivity contribution is -0.126. The molecule has 1 aliphatic heterocycles. The second kappa shape index (κ2) is 8.25. The summed E-state index contributed by atoms with van der Waals surface area (Å²) in [5.74, 6) is -1.30. The Kier molecular flexibility index (Phi) is 5.80. The van der Waals surface area contributed by atoms with Crippen molar-refractivity contribution in [1.29, 1.82) is 0 Å². The van der Waals surface area contributed by atoms with Gasteiger partial charge < -0.3 is 20.5 Å². The highest BCUT2D eigenvalue weighted by atomic mass is 19.1. The third kappa shape index (κ3) is 4.56. The molecule has 2 atom stereocenters. The first kappa shape index (κ1) is 18.3. The molecule has 7 heteroatoms. The molecule has 3 rings (SSSR count). The Hall–Kier alpha value is -2.51. The summed E-state index contributed by atoms with van der Waals surface area (Å²) < 4.78 is 38.2. The summed E-state index contributed by atoms with van der Waals surface area (Å²) in [6, 6.07) is 10.0. The Bertz CT molecular complexity index is 785. The lowest BCUT2D eigenvalue weighted by Crippen LogP contribution is -2.29. The van der Waals surface area contributed by atoms with Crippen LogP contribution in [0.2, 0.25) is 0 Å². The van der Waals surface area contributed by atoms with Crippen molar-refractivity contribution in [3.63, 3.8) is 0 Å². The number of rotatable bonds is 6. The molecule has 2 aromatic carbocycles. The Labute approximate surface area is 150 Å². The quantitative estimate of drug-likeness (QED) is 0.829. The smallest absolute Gasteiger partial charge is 0.253 e. The minimum atomic E-state index is -0.619. The molecule has 1 saturated heterocycles. The van der Waals surface area contributed by atoms with Crippen LogP contribution in [0, 0.1) is 11.6 Å². The molecule has 138 valence electrons. The lowest BCUT2D eigenvalue weighted by atomic mass is 10.2. The van der Waals surface area contributed by atoms with Crippen LogP contribution in [0.3, 0.4) is 0 Å². The Morgan fingerprint density at radius 1 is 1.23 bits per heavy atom. The van der Waals surface area contributed by atoms with Gasteiger partial charge in [0, 0.05) is 18.3 Å². The van der Waals surface area contributed by atoms with Gasteiger partial charge in [-0.05, 0) is 42.7 Å². The second-order valence-electron chi connectivity index (χ2n) is 6.11. The Morgan fingerprint density at radius 3 is 2.77 bits per heavy atom. The van der Waals surface area contributed by atoms with Gasteiger partial charge in [0.1, 0.15) is 18.5 Å². The number of benzene rings is 2. The van der Waals surface area contributed by atoms with E-state index in [0.717, 1.165) is 6.42 Å². The number of ether oxygens (including phenoxy) is 2. The minimum Gasteiger partial charge on any atom is -0.486 e. The van der Waals surface area contributed by atoms with Gasteiger partial charge in [0.25, 0.3) is 5.91 Å². The standard InChI is InChI=1S/C19H20F2N2O3/c20-13-3-1-2-12(8-13)11-25-17-6-4-14(9-16(17)21)23-19(24)18-7-5-15(10-22)26-18/h1-4,6,8-9,15,18H,5,7,10-11,22H2,(H,23,24)/t15-,18+/m1/s1. The fraction of sp³-hybridized carbons (Fsp3) is 0.316. The summed E-state index contributed by atoms with van der Waals surface area (Å²) in [6.45, 7) is 0.409. The molecule has 5 nitrogen and oxygen atoms in total. The molecular formula is C19H20F2N2O3. The highest BCUT2D eigenvalue weighted by Gasteiger charge is 2.29. The van der Waals surface area contributed by atoms with E-state index < -0.39 is 11.9 Å². The summed E-state index contributed by atoms with van der Waals surface area (Å²) >= 11 is 0. The zero-order valence-electron chi connectivity index (χ0n) is 14.1. The monoisotopic (exact) mass is 362 g/mol. The number of carbonyl (C=O) groups is 1. The predicted molar refractivity (Wildman–Crippen MR) is 92.7 cm³/mol. The van der Waals surface area contributed by atoms with Crippen molar-refractivity contribution in [2.75, 3.05) is 11.9 Å². The molecule has 1 heterocycles. The average Bonchev–Trinajstić information content (AvgIpc) is 3.10. The lowest BCUT2D eigenvalue weighted by Gasteiger charge is -2.13. The molecule has 26 heavy (non-hydrogen) atoms. The van der Waals surface area contributed by atoms with E-state index in [1.54, 1.807) is 12.1 Å². The van der Waals surface area contributed by atoms with Crippen LogP contribution in [0.25, 0.3) is 0 Å². The Morgan fingerprint density at radius 2 is 2.08 bits per heavy atom. The number of hydrogen-bond acceptors (Lipinski definition) is 4. The first-order chi connectivity index (χ1) is 12.5. The zero-order chi connectivity index (χ0) is 18.5. The molecule has 0 aliphatic carbocycles. The SMILES string of the molecule is NC[C@H]1CC[C@@H](C(=O)Nc2ccc(OCc3cccc(F)c3)c(F)c2)O1. The van der Waals surface area contributed by atoms with Gasteiger partial charge in [0.2, 0.25) is 0 Å². The molecule has 0 saturated carbocycles. The van der Waals surface area contributed by atoms with Gasteiger partial charge in [-0.1, -0.05) is 12.1 Å². The summed E-state index contributed by atoms with van der Waals surface area (Å²) in [6.07, 6.45) is 0.637. The van der Waals surface area contributed by atoms with Crippen molar-refractivity contribution in [2.45, 2.75) is 31.7 Å². The topological polar surface area (TPSA) is 73.6 Å². The van der Waals surface area contributed by atoms with Gasteiger partial charge in [-0.25, -0.2) is 8.78 Å². The third-order valence-electron chi connectivity index (χ3n) is 4.15. The first-order valence-electron chi connectivity index (χ1n) is 8.38. The molecule has 1 amide bonds. The molecule has 0 unspecified atom stereocenters. The fourth-order valence-electron chi connectivity index (χ4n) is 2.78. The molecular weight excluding hydrogens is 342 g/mol. The van der Waals surface area contributed by atoms with E-state index in [1.165, 1.54) is 30.3 Å². The number of carbonyl (C=O) groups excluding carboxylic acids is 1. The van der Waals surface area contributed by atoms with Crippen molar-refractivity contribution in [3.8, 4) is 5.75 Å². The van der Waals surface area contributed by atoms with E-state index in [-0.39, 0.29) is 30.2 Å².